The molecular formula is C23H35N3O2. The summed E-state index contributed by atoms with van der Waals surface area (Å²) in [6.07, 6.45) is 10.2. The maximum atomic E-state index is 12.8. The van der Waals surface area contributed by atoms with Crippen LogP contribution in [0.5, 0.6) is 0 Å². The molecule has 1 saturated carbocycles. The first kappa shape index (κ1) is 20.8. The number of likely N-dealkylation sites (tertiary alicyclic amines) is 1. The van der Waals surface area contributed by atoms with Crippen LogP contribution >= 0.6 is 0 Å². The van der Waals surface area contributed by atoms with Gasteiger partial charge in [-0.3, -0.25) is 14.5 Å². The van der Waals surface area contributed by atoms with Gasteiger partial charge in [-0.2, -0.15) is 0 Å². The number of nitrogens with zero attached hydrogens (tertiary/aromatic N) is 2. The fourth-order valence-corrected chi connectivity index (χ4v) is 4.60. The molecule has 1 atom stereocenters. The third kappa shape index (κ3) is 5.13. The van der Waals surface area contributed by atoms with E-state index in [9.17, 15) is 9.59 Å². The van der Waals surface area contributed by atoms with Crippen LogP contribution in [0.25, 0.3) is 0 Å². The van der Waals surface area contributed by atoms with Gasteiger partial charge in [0.25, 0.3) is 5.91 Å². The number of piperidine rings is 1. The molecule has 1 saturated heterocycles. The van der Waals surface area contributed by atoms with Gasteiger partial charge in [-0.15, -0.1) is 0 Å². The van der Waals surface area contributed by atoms with Crippen molar-refractivity contribution < 1.29 is 9.59 Å². The van der Waals surface area contributed by atoms with Gasteiger partial charge in [0.1, 0.15) is 0 Å². The number of hydrogen-bond acceptors (Lipinski definition) is 3. The smallest absolute Gasteiger partial charge is 0.253 e. The molecule has 1 N–H and O–H groups in total. The molecule has 1 aliphatic heterocycles. The molecule has 3 rings (SSSR count). The lowest BCUT2D eigenvalue weighted by Crippen LogP contribution is -2.47. The Morgan fingerprint density at radius 1 is 1.04 bits per heavy atom. The lowest BCUT2D eigenvalue weighted by Gasteiger charge is -2.34. The molecular weight excluding hydrogens is 350 g/mol. The zero-order valence-electron chi connectivity index (χ0n) is 17.5. The lowest BCUT2D eigenvalue weighted by molar-refractivity contribution is -0.122. The van der Waals surface area contributed by atoms with E-state index in [4.69, 9.17) is 0 Å². The second-order valence-electron chi connectivity index (χ2n) is 8.32. The molecule has 154 valence electrons. The zero-order valence-corrected chi connectivity index (χ0v) is 17.5. The highest BCUT2D eigenvalue weighted by Gasteiger charge is 2.28. The van der Waals surface area contributed by atoms with E-state index in [0.717, 1.165) is 50.9 Å². The second kappa shape index (κ2) is 10.1. The van der Waals surface area contributed by atoms with Crippen molar-refractivity contribution in [3.05, 3.63) is 29.8 Å². The summed E-state index contributed by atoms with van der Waals surface area (Å²) in [6.45, 7) is 4.13. The fourth-order valence-electron chi connectivity index (χ4n) is 4.60. The van der Waals surface area contributed by atoms with E-state index in [1.807, 2.05) is 36.2 Å². The molecule has 0 aromatic heterocycles. The van der Waals surface area contributed by atoms with Gasteiger partial charge in [0.15, 0.2) is 0 Å². The van der Waals surface area contributed by atoms with Crippen LogP contribution in [-0.4, -0.2) is 53.8 Å². The summed E-state index contributed by atoms with van der Waals surface area (Å²) in [4.78, 5) is 29.7. The van der Waals surface area contributed by atoms with Crippen molar-refractivity contribution >= 4 is 17.5 Å². The molecule has 5 nitrogen and oxygen atoms in total. The van der Waals surface area contributed by atoms with Gasteiger partial charge in [-0.25, -0.2) is 0 Å². The van der Waals surface area contributed by atoms with Gasteiger partial charge in [-0.1, -0.05) is 32.6 Å². The number of benzene rings is 1. The van der Waals surface area contributed by atoms with E-state index < -0.39 is 0 Å². The Bertz CT molecular complexity index is 650. The minimum Gasteiger partial charge on any atom is -0.339 e. The number of rotatable bonds is 6. The van der Waals surface area contributed by atoms with Gasteiger partial charge in [0.2, 0.25) is 5.91 Å². The topological polar surface area (TPSA) is 52.7 Å². The Morgan fingerprint density at radius 2 is 1.71 bits per heavy atom. The minimum atomic E-state index is -0.0348. The Kier molecular flexibility index (Phi) is 7.49. The van der Waals surface area contributed by atoms with Crippen LogP contribution in [0.1, 0.15) is 75.1 Å². The number of carbonyl (C=O) groups excluding carboxylic acids is 2. The number of carbonyl (C=O) groups is 2. The Balaban J connectivity index is 1.59. The number of hydrogen-bond donors (Lipinski definition) is 1. The highest BCUT2D eigenvalue weighted by atomic mass is 16.2. The Labute approximate surface area is 169 Å². The second-order valence-corrected chi connectivity index (χ2v) is 8.32. The molecule has 0 bridgehead atoms. The standard InChI is InChI=1S/C23H35N3O2/c1-3-16-26-17-8-7-11-21(26)22(27)24-19-14-12-18(13-15-19)23(28)25(2)20-9-5-4-6-10-20/h12-15,20-21H,3-11,16-17H2,1-2H3,(H,24,27). The molecule has 28 heavy (non-hydrogen) atoms. The Morgan fingerprint density at radius 3 is 2.39 bits per heavy atom. The number of amides is 2. The summed E-state index contributed by atoms with van der Waals surface area (Å²) < 4.78 is 0. The molecule has 1 unspecified atom stereocenters. The molecule has 2 amide bonds. The Hall–Kier alpha value is -1.88. The van der Waals surface area contributed by atoms with E-state index in [0.29, 0.717) is 11.6 Å². The van der Waals surface area contributed by atoms with Crippen molar-refractivity contribution in [1.29, 1.82) is 0 Å². The SMILES string of the molecule is CCCN1CCCCC1C(=O)Nc1ccc(C(=O)N(C)C2CCCCC2)cc1. The fraction of sp³-hybridized carbons (Fsp3) is 0.652. The van der Waals surface area contributed by atoms with Crippen LogP contribution in [0, 0.1) is 0 Å². The summed E-state index contributed by atoms with van der Waals surface area (Å²) in [5, 5.41) is 3.05. The van der Waals surface area contributed by atoms with E-state index in [1.165, 1.54) is 25.7 Å². The number of anilines is 1. The summed E-state index contributed by atoms with van der Waals surface area (Å²) in [5.74, 6) is 0.151. The van der Waals surface area contributed by atoms with Crippen LogP contribution in [0.4, 0.5) is 5.69 Å². The summed E-state index contributed by atoms with van der Waals surface area (Å²) in [6, 6.07) is 7.70. The van der Waals surface area contributed by atoms with E-state index in [1.54, 1.807) is 0 Å². The molecule has 1 aromatic carbocycles. The van der Waals surface area contributed by atoms with E-state index >= 15 is 0 Å². The van der Waals surface area contributed by atoms with Crippen LogP contribution in [0.15, 0.2) is 24.3 Å². The van der Waals surface area contributed by atoms with Crippen LogP contribution in [0.3, 0.4) is 0 Å². The van der Waals surface area contributed by atoms with Crippen molar-refractivity contribution in [2.45, 2.75) is 76.8 Å². The minimum absolute atomic E-state index is 0.0348. The molecule has 1 aliphatic carbocycles. The van der Waals surface area contributed by atoms with Gasteiger partial charge in [0.05, 0.1) is 6.04 Å². The molecule has 5 heteroatoms. The predicted octanol–water partition coefficient (Wildman–Crippen LogP) is 4.29. The normalized spacial score (nSPS) is 21.3. The lowest BCUT2D eigenvalue weighted by atomic mass is 9.94. The van der Waals surface area contributed by atoms with Crippen LogP contribution < -0.4 is 5.32 Å². The first-order valence-electron chi connectivity index (χ1n) is 11.0. The van der Waals surface area contributed by atoms with Gasteiger partial charge in [0, 0.05) is 24.3 Å². The van der Waals surface area contributed by atoms with Crippen molar-refractivity contribution in [1.82, 2.24) is 9.80 Å². The van der Waals surface area contributed by atoms with Crippen LogP contribution in [0.2, 0.25) is 0 Å². The third-order valence-corrected chi connectivity index (χ3v) is 6.27. The maximum Gasteiger partial charge on any atom is 0.253 e. The van der Waals surface area contributed by atoms with Crippen molar-refractivity contribution in [3.8, 4) is 0 Å². The molecule has 2 fully saturated rings. The first-order chi connectivity index (χ1) is 13.6. The molecule has 2 aliphatic rings. The summed E-state index contributed by atoms with van der Waals surface area (Å²) >= 11 is 0. The molecule has 1 aromatic rings. The largest absolute Gasteiger partial charge is 0.339 e. The zero-order chi connectivity index (χ0) is 19.9. The van der Waals surface area contributed by atoms with Gasteiger partial charge in [-0.05, 0) is 69.5 Å². The highest BCUT2D eigenvalue weighted by Crippen LogP contribution is 2.24. The van der Waals surface area contributed by atoms with Gasteiger partial charge < -0.3 is 10.2 Å². The van der Waals surface area contributed by atoms with Crippen molar-refractivity contribution in [2.24, 2.45) is 0 Å². The highest BCUT2D eigenvalue weighted by molar-refractivity contribution is 5.97. The third-order valence-electron chi connectivity index (χ3n) is 6.27. The van der Waals surface area contributed by atoms with Crippen molar-refractivity contribution in [3.63, 3.8) is 0 Å². The van der Waals surface area contributed by atoms with Gasteiger partial charge >= 0.3 is 0 Å². The summed E-state index contributed by atoms with van der Waals surface area (Å²) in [7, 11) is 1.92. The average molecular weight is 386 g/mol. The summed E-state index contributed by atoms with van der Waals surface area (Å²) in [5.41, 5.74) is 1.46. The molecule has 0 spiro atoms. The maximum absolute atomic E-state index is 12.8. The quantitative estimate of drug-likeness (QED) is 0.794. The molecule has 1 heterocycles. The predicted molar refractivity (Wildman–Crippen MR) is 114 cm³/mol. The monoisotopic (exact) mass is 385 g/mol. The number of nitrogens with one attached hydrogen (secondary N) is 1. The van der Waals surface area contributed by atoms with E-state index in [-0.39, 0.29) is 17.9 Å². The van der Waals surface area contributed by atoms with E-state index in [2.05, 4.69) is 17.1 Å². The average Bonchev–Trinajstić information content (AvgIpc) is 2.74. The molecule has 0 radical (unpaired) electrons. The first-order valence-corrected chi connectivity index (χ1v) is 11.0. The van der Waals surface area contributed by atoms with Crippen molar-refractivity contribution in [2.75, 3.05) is 25.5 Å². The van der Waals surface area contributed by atoms with Crippen LogP contribution in [-0.2, 0) is 4.79 Å².